The van der Waals surface area contributed by atoms with Crippen LogP contribution in [0.1, 0.15) is 5.56 Å². The van der Waals surface area contributed by atoms with Crippen LogP contribution in [-0.2, 0) is 16.1 Å². The van der Waals surface area contributed by atoms with Gasteiger partial charge in [0, 0.05) is 6.54 Å². The lowest BCUT2D eigenvalue weighted by Crippen LogP contribution is -2.42. The van der Waals surface area contributed by atoms with Gasteiger partial charge >= 0.3 is 0 Å². The SMILES string of the molecule is C=CCN1C(=O)CSc2cnn(CC(=O)Nc3ccc(C)cc3F)c(=O)c21. The molecule has 0 bridgehead atoms. The van der Waals surface area contributed by atoms with Crippen LogP contribution in [0.3, 0.4) is 0 Å². The van der Waals surface area contributed by atoms with Crippen molar-refractivity contribution in [3.63, 3.8) is 0 Å². The number of thioether (sulfide) groups is 1. The quantitative estimate of drug-likeness (QED) is 0.792. The molecule has 0 unspecified atom stereocenters. The Morgan fingerprint density at radius 1 is 1.44 bits per heavy atom. The molecule has 0 fully saturated rings. The zero-order valence-corrected chi connectivity index (χ0v) is 15.4. The highest BCUT2D eigenvalue weighted by atomic mass is 32.2. The molecule has 0 aliphatic carbocycles. The van der Waals surface area contributed by atoms with Gasteiger partial charge in [0.15, 0.2) is 0 Å². The minimum atomic E-state index is -0.600. The maximum Gasteiger partial charge on any atom is 0.292 e. The van der Waals surface area contributed by atoms with E-state index in [1.54, 1.807) is 13.0 Å². The second-order valence-electron chi connectivity index (χ2n) is 5.93. The Morgan fingerprint density at radius 2 is 2.22 bits per heavy atom. The number of carbonyl (C=O) groups is 2. The van der Waals surface area contributed by atoms with Crippen LogP contribution in [0, 0.1) is 12.7 Å². The third-order valence-corrected chi connectivity index (χ3v) is 4.91. The fourth-order valence-corrected chi connectivity index (χ4v) is 3.53. The molecule has 140 valence electrons. The summed E-state index contributed by atoms with van der Waals surface area (Å²) in [7, 11) is 0. The van der Waals surface area contributed by atoms with E-state index >= 15 is 0 Å². The lowest BCUT2D eigenvalue weighted by molar-refractivity contribution is -0.117. The van der Waals surface area contributed by atoms with Gasteiger partial charge in [-0.25, -0.2) is 9.07 Å². The normalized spacial score (nSPS) is 13.3. The van der Waals surface area contributed by atoms with E-state index in [0.29, 0.717) is 4.90 Å². The summed E-state index contributed by atoms with van der Waals surface area (Å²) in [6, 6.07) is 4.42. The Labute approximate surface area is 158 Å². The van der Waals surface area contributed by atoms with Crippen molar-refractivity contribution in [2.45, 2.75) is 18.4 Å². The molecule has 1 aliphatic rings. The van der Waals surface area contributed by atoms with Crippen LogP contribution in [0.25, 0.3) is 0 Å². The van der Waals surface area contributed by atoms with Crippen molar-refractivity contribution in [2.75, 3.05) is 22.5 Å². The number of rotatable bonds is 5. The van der Waals surface area contributed by atoms with Gasteiger partial charge in [-0.05, 0) is 24.6 Å². The number of aromatic nitrogens is 2. The van der Waals surface area contributed by atoms with E-state index in [1.165, 1.54) is 41.1 Å². The first-order valence-corrected chi connectivity index (χ1v) is 9.09. The molecular formula is C18H17FN4O3S. The van der Waals surface area contributed by atoms with Gasteiger partial charge < -0.3 is 10.2 Å². The predicted octanol–water partition coefficient (Wildman–Crippen LogP) is 1.95. The number of halogens is 1. The zero-order valence-electron chi connectivity index (χ0n) is 14.6. The highest BCUT2D eigenvalue weighted by molar-refractivity contribution is 8.00. The minimum absolute atomic E-state index is 0.0237. The summed E-state index contributed by atoms with van der Waals surface area (Å²) in [5, 5.41) is 6.42. The molecule has 9 heteroatoms. The summed E-state index contributed by atoms with van der Waals surface area (Å²) >= 11 is 1.22. The summed E-state index contributed by atoms with van der Waals surface area (Å²) in [5.74, 6) is -1.17. The van der Waals surface area contributed by atoms with Gasteiger partial charge in [-0.3, -0.25) is 14.4 Å². The number of fused-ring (bicyclic) bond motifs is 1. The first-order valence-electron chi connectivity index (χ1n) is 8.11. The van der Waals surface area contributed by atoms with Gasteiger partial charge in [0.05, 0.1) is 22.5 Å². The Balaban J connectivity index is 1.85. The van der Waals surface area contributed by atoms with Crippen LogP contribution < -0.4 is 15.8 Å². The average Bonchev–Trinajstić information content (AvgIpc) is 2.62. The molecule has 1 aliphatic heterocycles. The molecule has 2 heterocycles. The molecule has 0 spiro atoms. The maximum absolute atomic E-state index is 13.9. The van der Waals surface area contributed by atoms with Crippen LogP contribution in [-0.4, -0.2) is 33.9 Å². The van der Waals surface area contributed by atoms with Crippen LogP contribution in [0.5, 0.6) is 0 Å². The van der Waals surface area contributed by atoms with E-state index in [0.717, 1.165) is 10.2 Å². The third kappa shape index (κ3) is 3.92. The number of anilines is 2. The molecular weight excluding hydrogens is 371 g/mol. The van der Waals surface area contributed by atoms with Crippen molar-refractivity contribution in [1.29, 1.82) is 0 Å². The average molecular weight is 388 g/mol. The Morgan fingerprint density at radius 3 is 2.93 bits per heavy atom. The molecule has 1 aromatic carbocycles. The second kappa shape index (κ2) is 7.75. The molecule has 7 nitrogen and oxygen atoms in total. The highest BCUT2D eigenvalue weighted by Gasteiger charge is 2.28. The van der Waals surface area contributed by atoms with Crippen molar-refractivity contribution in [3.05, 3.63) is 58.8 Å². The number of benzene rings is 1. The molecule has 1 aromatic heterocycles. The minimum Gasteiger partial charge on any atom is -0.322 e. The van der Waals surface area contributed by atoms with E-state index in [-0.39, 0.29) is 29.6 Å². The molecule has 1 N–H and O–H groups in total. The Hall–Kier alpha value is -2.94. The van der Waals surface area contributed by atoms with Gasteiger partial charge in [-0.1, -0.05) is 12.1 Å². The largest absolute Gasteiger partial charge is 0.322 e. The van der Waals surface area contributed by atoms with Gasteiger partial charge in [0.2, 0.25) is 11.8 Å². The predicted molar refractivity (Wildman–Crippen MR) is 102 cm³/mol. The Kier molecular flexibility index (Phi) is 5.41. The number of nitrogens with zero attached hydrogens (tertiary/aromatic N) is 3. The molecule has 2 amide bonds. The number of aryl methyl sites for hydroxylation is 1. The zero-order chi connectivity index (χ0) is 19.6. The van der Waals surface area contributed by atoms with Gasteiger partial charge in [-0.2, -0.15) is 5.10 Å². The molecule has 0 saturated heterocycles. The van der Waals surface area contributed by atoms with Gasteiger partial charge in [-0.15, -0.1) is 18.3 Å². The van der Waals surface area contributed by atoms with Crippen LogP contribution >= 0.6 is 11.8 Å². The first kappa shape index (κ1) is 18.8. The molecule has 0 atom stereocenters. The molecule has 27 heavy (non-hydrogen) atoms. The van der Waals surface area contributed by atoms with Gasteiger partial charge in [0.25, 0.3) is 5.56 Å². The number of hydrogen-bond donors (Lipinski definition) is 1. The van der Waals surface area contributed by atoms with E-state index in [1.807, 2.05) is 0 Å². The van der Waals surface area contributed by atoms with E-state index in [4.69, 9.17) is 0 Å². The standard InChI is InChI=1S/C18H17FN4O3S/c1-3-6-22-16(25)10-27-14-8-20-23(18(26)17(14)22)9-15(24)21-13-5-4-11(2)7-12(13)19/h3-5,7-8H,1,6,9-10H2,2H3,(H,21,24). The van der Waals surface area contributed by atoms with E-state index in [2.05, 4.69) is 17.0 Å². The summed E-state index contributed by atoms with van der Waals surface area (Å²) in [4.78, 5) is 39.0. The number of amides is 2. The van der Waals surface area contributed by atoms with Crippen molar-refractivity contribution in [3.8, 4) is 0 Å². The lowest BCUT2D eigenvalue weighted by Gasteiger charge is -2.27. The van der Waals surface area contributed by atoms with Crippen LogP contribution in [0.15, 0.2) is 46.7 Å². The summed E-state index contributed by atoms with van der Waals surface area (Å²) in [6.07, 6.45) is 2.97. The highest BCUT2D eigenvalue weighted by Crippen LogP contribution is 2.31. The van der Waals surface area contributed by atoms with Crippen molar-refractivity contribution in [1.82, 2.24) is 9.78 Å². The van der Waals surface area contributed by atoms with E-state index in [9.17, 15) is 18.8 Å². The lowest BCUT2D eigenvalue weighted by atomic mass is 10.2. The summed E-state index contributed by atoms with van der Waals surface area (Å²) < 4.78 is 14.8. The van der Waals surface area contributed by atoms with Crippen LogP contribution in [0.4, 0.5) is 15.8 Å². The fraction of sp³-hybridized carbons (Fsp3) is 0.222. The second-order valence-corrected chi connectivity index (χ2v) is 6.95. The molecule has 0 saturated carbocycles. The molecule has 2 aromatic rings. The van der Waals surface area contributed by atoms with Crippen molar-refractivity contribution >= 4 is 35.0 Å². The number of nitrogens with one attached hydrogen (secondary N) is 1. The molecule has 3 rings (SSSR count). The summed E-state index contributed by atoms with van der Waals surface area (Å²) in [5.41, 5.74) is 0.369. The third-order valence-electron chi connectivity index (χ3n) is 3.91. The van der Waals surface area contributed by atoms with Gasteiger partial charge in [0.1, 0.15) is 18.0 Å². The smallest absolute Gasteiger partial charge is 0.292 e. The number of hydrogen-bond acceptors (Lipinski definition) is 5. The van der Waals surface area contributed by atoms with E-state index < -0.39 is 23.8 Å². The molecule has 0 radical (unpaired) electrons. The van der Waals surface area contributed by atoms with Crippen molar-refractivity contribution in [2.24, 2.45) is 0 Å². The van der Waals surface area contributed by atoms with Crippen molar-refractivity contribution < 1.29 is 14.0 Å². The monoisotopic (exact) mass is 388 g/mol. The fourth-order valence-electron chi connectivity index (χ4n) is 2.64. The number of carbonyl (C=O) groups excluding carboxylic acids is 2. The summed E-state index contributed by atoms with van der Waals surface area (Å²) in [6.45, 7) is 5.12. The first-order chi connectivity index (χ1) is 12.9. The topological polar surface area (TPSA) is 84.3 Å². The maximum atomic E-state index is 13.9. The van der Waals surface area contributed by atoms with Crippen LogP contribution in [0.2, 0.25) is 0 Å². The Bertz CT molecular complexity index is 989.